The highest BCUT2D eigenvalue weighted by Crippen LogP contribution is 2.25. The second-order valence-corrected chi connectivity index (χ2v) is 8.93. The molecule has 2 aromatic rings. The molecule has 0 spiro atoms. The van der Waals surface area contributed by atoms with Crippen LogP contribution in [0.3, 0.4) is 0 Å². The first-order valence-electron chi connectivity index (χ1n) is 10.1. The van der Waals surface area contributed by atoms with Crippen LogP contribution in [0.15, 0.2) is 52.0 Å². The summed E-state index contributed by atoms with van der Waals surface area (Å²) in [5.41, 5.74) is 0. The molecule has 1 amide bonds. The van der Waals surface area contributed by atoms with Gasteiger partial charge >= 0.3 is 0 Å². The van der Waals surface area contributed by atoms with Gasteiger partial charge in [0.05, 0.1) is 24.3 Å². The molecule has 0 unspecified atom stereocenters. The zero-order valence-electron chi connectivity index (χ0n) is 17.1. The van der Waals surface area contributed by atoms with Crippen molar-refractivity contribution in [2.75, 3.05) is 32.9 Å². The number of sulfonamides is 1. The molecule has 1 N–H and O–H groups in total. The van der Waals surface area contributed by atoms with Crippen LogP contribution in [0.5, 0.6) is 5.75 Å². The van der Waals surface area contributed by atoms with Crippen molar-refractivity contribution in [1.82, 2.24) is 9.62 Å². The number of piperidine rings is 1. The Morgan fingerprint density at radius 2 is 1.90 bits per heavy atom. The lowest BCUT2D eigenvalue weighted by atomic mass is 9.97. The first-order chi connectivity index (χ1) is 14.5. The van der Waals surface area contributed by atoms with Gasteiger partial charge in [0.15, 0.2) is 0 Å². The number of hydrogen-bond acceptors (Lipinski definition) is 6. The number of amides is 1. The van der Waals surface area contributed by atoms with Gasteiger partial charge < -0.3 is 19.2 Å². The van der Waals surface area contributed by atoms with Gasteiger partial charge in [-0.15, -0.1) is 0 Å². The van der Waals surface area contributed by atoms with Crippen LogP contribution in [-0.2, 0) is 26.1 Å². The maximum Gasteiger partial charge on any atom is 0.243 e. The number of ether oxygens (including phenoxy) is 2. The van der Waals surface area contributed by atoms with Crippen LogP contribution in [0.25, 0.3) is 0 Å². The van der Waals surface area contributed by atoms with Crippen LogP contribution in [0.2, 0.25) is 0 Å². The Morgan fingerprint density at radius 3 is 2.53 bits per heavy atom. The van der Waals surface area contributed by atoms with E-state index in [0.717, 1.165) is 0 Å². The van der Waals surface area contributed by atoms with Crippen molar-refractivity contribution < 1.29 is 27.1 Å². The summed E-state index contributed by atoms with van der Waals surface area (Å²) in [6, 6.07) is 9.96. The normalized spacial score (nSPS) is 15.8. The molecule has 1 aliphatic heterocycles. The molecule has 0 atom stereocenters. The van der Waals surface area contributed by atoms with E-state index in [0.29, 0.717) is 63.8 Å². The lowest BCUT2D eigenvalue weighted by Crippen LogP contribution is -2.42. The van der Waals surface area contributed by atoms with Gasteiger partial charge in [-0.05, 0) is 56.2 Å². The Kier molecular flexibility index (Phi) is 7.89. The molecule has 30 heavy (non-hydrogen) atoms. The molecule has 8 nitrogen and oxygen atoms in total. The smallest absolute Gasteiger partial charge is 0.243 e. The molecule has 1 aromatic heterocycles. The van der Waals surface area contributed by atoms with Crippen molar-refractivity contribution in [3.05, 3.63) is 48.4 Å². The Balaban J connectivity index is 1.49. The highest BCUT2D eigenvalue weighted by atomic mass is 32.2. The van der Waals surface area contributed by atoms with Crippen molar-refractivity contribution >= 4 is 15.9 Å². The fourth-order valence-corrected chi connectivity index (χ4v) is 4.78. The molecule has 9 heteroatoms. The first-order valence-corrected chi connectivity index (χ1v) is 11.6. The SMILES string of the molecule is CCOCCOc1ccc(S(=O)(=O)N2CCC(C(=O)NCc3ccco3)CC2)cc1. The highest BCUT2D eigenvalue weighted by Gasteiger charge is 2.32. The molecule has 1 aromatic carbocycles. The monoisotopic (exact) mass is 436 g/mol. The third-order valence-corrected chi connectivity index (χ3v) is 6.92. The van der Waals surface area contributed by atoms with Gasteiger partial charge in [-0.25, -0.2) is 8.42 Å². The van der Waals surface area contributed by atoms with Crippen LogP contribution in [0.1, 0.15) is 25.5 Å². The number of carbonyl (C=O) groups excluding carboxylic acids is 1. The van der Waals surface area contributed by atoms with E-state index in [1.165, 1.54) is 4.31 Å². The van der Waals surface area contributed by atoms with E-state index < -0.39 is 10.0 Å². The molecule has 0 aliphatic carbocycles. The van der Waals surface area contributed by atoms with Crippen LogP contribution in [-0.4, -0.2) is 51.5 Å². The highest BCUT2D eigenvalue weighted by molar-refractivity contribution is 7.89. The van der Waals surface area contributed by atoms with Crippen LogP contribution < -0.4 is 10.1 Å². The molecule has 1 aliphatic rings. The van der Waals surface area contributed by atoms with Gasteiger partial charge in [0.25, 0.3) is 0 Å². The summed E-state index contributed by atoms with van der Waals surface area (Å²) >= 11 is 0. The summed E-state index contributed by atoms with van der Waals surface area (Å²) in [7, 11) is -3.60. The Morgan fingerprint density at radius 1 is 1.17 bits per heavy atom. The van der Waals surface area contributed by atoms with E-state index in [1.807, 2.05) is 6.92 Å². The molecule has 2 heterocycles. The maximum absolute atomic E-state index is 12.9. The zero-order valence-corrected chi connectivity index (χ0v) is 17.9. The predicted molar refractivity (Wildman–Crippen MR) is 110 cm³/mol. The van der Waals surface area contributed by atoms with Gasteiger partial charge in [-0.3, -0.25) is 4.79 Å². The number of nitrogens with zero attached hydrogens (tertiary/aromatic N) is 1. The van der Waals surface area contributed by atoms with Gasteiger partial charge in [-0.1, -0.05) is 0 Å². The maximum atomic E-state index is 12.9. The second kappa shape index (κ2) is 10.6. The molecule has 0 saturated carbocycles. The Hall–Kier alpha value is -2.36. The minimum atomic E-state index is -3.60. The first kappa shape index (κ1) is 22.3. The minimum Gasteiger partial charge on any atom is -0.491 e. The molecule has 3 rings (SSSR count). The lowest BCUT2D eigenvalue weighted by Gasteiger charge is -2.30. The number of carbonyl (C=O) groups is 1. The van der Waals surface area contributed by atoms with Gasteiger partial charge in [0.2, 0.25) is 15.9 Å². The average Bonchev–Trinajstić information content (AvgIpc) is 3.29. The van der Waals surface area contributed by atoms with E-state index in [9.17, 15) is 13.2 Å². The lowest BCUT2D eigenvalue weighted by molar-refractivity contribution is -0.126. The summed E-state index contributed by atoms with van der Waals surface area (Å²) < 4.78 is 43.2. The average molecular weight is 437 g/mol. The Bertz CT molecular complexity index is 888. The third kappa shape index (κ3) is 5.84. The second-order valence-electron chi connectivity index (χ2n) is 6.99. The summed E-state index contributed by atoms with van der Waals surface area (Å²) in [5, 5.41) is 2.85. The van der Waals surface area contributed by atoms with Crippen molar-refractivity contribution in [2.24, 2.45) is 5.92 Å². The van der Waals surface area contributed by atoms with Gasteiger partial charge in [-0.2, -0.15) is 4.31 Å². The molecule has 164 valence electrons. The quantitative estimate of drug-likeness (QED) is 0.575. The number of rotatable bonds is 10. The van der Waals surface area contributed by atoms with Crippen molar-refractivity contribution in [3.8, 4) is 5.75 Å². The fraction of sp³-hybridized carbons (Fsp3) is 0.476. The largest absolute Gasteiger partial charge is 0.491 e. The molecule has 1 fully saturated rings. The van der Waals surface area contributed by atoms with Crippen LogP contribution in [0, 0.1) is 5.92 Å². The number of hydrogen-bond donors (Lipinski definition) is 1. The fourth-order valence-electron chi connectivity index (χ4n) is 3.31. The number of nitrogens with one attached hydrogen (secondary N) is 1. The third-order valence-electron chi connectivity index (χ3n) is 5.00. The van der Waals surface area contributed by atoms with Gasteiger partial charge in [0, 0.05) is 25.6 Å². The van der Waals surface area contributed by atoms with E-state index in [1.54, 1.807) is 42.7 Å². The van der Waals surface area contributed by atoms with Crippen molar-refractivity contribution in [2.45, 2.75) is 31.2 Å². The molecular formula is C21H28N2O6S. The summed E-state index contributed by atoms with van der Waals surface area (Å²) in [6.07, 6.45) is 2.54. The summed E-state index contributed by atoms with van der Waals surface area (Å²) in [4.78, 5) is 12.6. The number of furan rings is 1. The molecule has 0 radical (unpaired) electrons. The predicted octanol–water partition coefficient (Wildman–Crippen LogP) is 2.41. The molecule has 1 saturated heterocycles. The number of benzene rings is 1. The van der Waals surface area contributed by atoms with E-state index >= 15 is 0 Å². The zero-order chi connectivity index (χ0) is 21.4. The van der Waals surface area contributed by atoms with E-state index in [4.69, 9.17) is 13.9 Å². The standard InChI is InChI=1S/C21H28N2O6S/c1-2-27-14-15-29-18-5-7-20(8-6-18)30(25,26)23-11-9-17(10-12-23)21(24)22-16-19-4-3-13-28-19/h3-8,13,17H,2,9-12,14-16H2,1H3,(H,22,24). The van der Waals surface area contributed by atoms with E-state index in [-0.39, 0.29) is 16.7 Å². The summed E-state index contributed by atoms with van der Waals surface area (Å²) in [5.74, 6) is 1.01. The minimum absolute atomic E-state index is 0.0722. The van der Waals surface area contributed by atoms with Crippen LogP contribution >= 0.6 is 0 Å². The van der Waals surface area contributed by atoms with Crippen molar-refractivity contribution in [1.29, 1.82) is 0 Å². The molecule has 0 bridgehead atoms. The van der Waals surface area contributed by atoms with Crippen LogP contribution in [0.4, 0.5) is 0 Å². The van der Waals surface area contributed by atoms with E-state index in [2.05, 4.69) is 5.32 Å². The van der Waals surface area contributed by atoms with Gasteiger partial charge in [0.1, 0.15) is 18.1 Å². The molecular weight excluding hydrogens is 408 g/mol. The summed E-state index contributed by atoms with van der Waals surface area (Å²) in [6.45, 7) is 4.40. The topological polar surface area (TPSA) is 98.1 Å². The Labute approximate surface area is 177 Å². The van der Waals surface area contributed by atoms with Crippen molar-refractivity contribution in [3.63, 3.8) is 0 Å².